The van der Waals surface area contributed by atoms with Crippen LogP contribution in [0.3, 0.4) is 0 Å². The van der Waals surface area contributed by atoms with Gasteiger partial charge in [0.15, 0.2) is 17.3 Å². The number of ketones is 1. The van der Waals surface area contributed by atoms with E-state index in [1.807, 2.05) is 29.7 Å². The van der Waals surface area contributed by atoms with Gasteiger partial charge in [-0.15, -0.1) is 0 Å². The molecule has 0 spiro atoms. The van der Waals surface area contributed by atoms with Gasteiger partial charge in [0.25, 0.3) is 0 Å². The molecule has 12 nitrogen and oxygen atoms in total. The standard InChI is InChI=1S/C34H50N2O4.C34H48N2O4.CH4/c2*1-22-23-7-8-26-32(4,24(23)19-25(37)28(22)38)12-14-34(6)27-20-30(2,9-10-31(27,3)11-13-33(26,34)5)21-35-29(39)36-15-17-40-18-16-36;/h7-8,19,26-27,37-38H,9-18,20-21H2,1-6H3,(H,35,39);7-8,19,27,38H,9-18,20-21H2,1-6H3,(H,35,39);1H4/t26?,27-,30-,31-,32+,33-,34+;27-,30-,31-,32+,33-,34+;/m11./s1. The smallest absolute Gasteiger partial charge is 0.317 e. The van der Waals surface area contributed by atoms with Gasteiger partial charge < -0.3 is 45.2 Å². The fourth-order valence-electron chi connectivity index (χ4n) is 20.1. The third kappa shape index (κ3) is 9.10. The highest BCUT2D eigenvalue weighted by Crippen LogP contribution is 2.77. The summed E-state index contributed by atoms with van der Waals surface area (Å²) >= 11 is 0. The Bertz CT molecular complexity index is 2890. The normalized spacial score (nSPS) is 42.1. The van der Waals surface area contributed by atoms with Crippen LogP contribution in [0.25, 0.3) is 6.08 Å². The summed E-state index contributed by atoms with van der Waals surface area (Å²) in [6.07, 6.45) is 27.1. The van der Waals surface area contributed by atoms with Crippen molar-refractivity contribution in [2.45, 2.75) is 186 Å². The number of morpholine rings is 2. The van der Waals surface area contributed by atoms with E-state index in [4.69, 9.17) is 9.47 Å². The monoisotopic (exact) mass is 1110 g/mol. The Labute approximate surface area is 486 Å². The summed E-state index contributed by atoms with van der Waals surface area (Å²) in [5, 5.41) is 38.1. The second-order valence-corrected chi connectivity index (χ2v) is 30.5. The van der Waals surface area contributed by atoms with Crippen molar-refractivity contribution < 1.29 is 39.2 Å². The first-order chi connectivity index (χ1) is 37.5. The van der Waals surface area contributed by atoms with E-state index in [0.29, 0.717) is 86.8 Å². The number of carbonyl (C=O) groups excluding carboxylic acids is 3. The average molecular weight is 1120 g/mol. The second kappa shape index (κ2) is 20.3. The van der Waals surface area contributed by atoms with Crippen molar-refractivity contribution in [1.82, 2.24) is 20.4 Å². The molecule has 0 radical (unpaired) electrons. The Kier molecular flexibility index (Phi) is 15.0. The maximum atomic E-state index is 13.0. The molecule has 1 unspecified atom stereocenters. The maximum Gasteiger partial charge on any atom is 0.317 e. The number of nitrogens with one attached hydrogen (secondary N) is 2. The number of allylic oxidation sites excluding steroid dienone is 8. The fourth-order valence-corrected chi connectivity index (χ4v) is 20.1. The lowest BCUT2D eigenvalue weighted by Crippen LogP contribution is -2.65. The number of carbonyl (C=O) groups is 3. The minimum Gasteiger partial charge on any atom is -0.504 e. The highest BCUT2D eigenvalue weighted by Gasteiger charge is 2.69. The quantitative estimate of drug-likeness (QED) is 0.186. The van der Waals surface area contributed by atoms with E-state index < -0.39 is 0 Å². The van der Waals surface area contributed by atoms with Crippen LogP contribution in [0.4, 0.5) is 9.59 Å². The third-order valence-electron chi connectivity index (χ3n) is 26.2. The van der Waals surface area contributed by atoms with Gasteiger partial charge in [0.2, 0.25) is 5.78 Å². The van der Waals surface area contributed by atoms with Gasteiger partial charge in [-0.3, -0.25) is 4.79 Å². The van der Waals surface area contributed by atoms with E-state index >= 15 is 0 Å². The molecule has 8 fully saturated rings. The molecule has 2 aliphatic heterocycles. The van der Waals surface area contributed by atoms with E-state index in [-0.39, 0.29) is 85.9 Å². The van der Waals surface area contributed by atoms with Crippen LogP contribution in [-0.2, 0) is 19.7 Å². The van der Waals surface area contributed by atoms with Gasteiger partial charge >= 0.3 is 12.1 Å². The van der Waals surface area contributed by atoms with E-state index in [1.54, 1.807) is 6.08 Å². The zero-order valence-corrected chi connectivity index (χ0v) is 50.9. The Balaban J connectivity index is 0.000000180. The number of aromatic hydroxyl groups is 2. The number of phenols is 2. The molecule has 0 aromatic heterocycles. The van der Waals surface area contributed by atoms with E-state index in [2.05, 4.69) is 104 Å². The summed E-state index contributed by atoms with van der Waals surface area (Å²) in [5.74, 6) is 1.15. The number of hydrogen-bond donors (Lipinski definition) is 5. The van der Waals surface area contributed by atoms with Crippen LogP contribution in [0.1, 0.15) is 190 Å². The predicted molar refractivity (Wildman–Crippen MR) is 322 cm³/mol. The first kappa shape index (κ1) is 59.6. The topological polar surface area (TPSA) is 161 Å². The van der Waals surface area contributed by atoms with Crippen molar-refractivity contribution in [2.75, 3.05) is 65.7 Å². The van der Waals surface area contributed by atoms with E-state index in [1.165, 1.54) is 43.2 Å². The molecule has 2 saturated heterocycles. The van der Waals surface area contributed by atoms with Crippen LogP contribution in [0.5, 0.6) is 11.5 Å². The van der Waals surface area contributed by atoms with E-state index in [9.17, 15) is 29.7 Å². The zero-order chi connectivity index (χ0) is 57.4. The minimum atomic E-state index is -0.260. The van der Waals surface area contributed by atoms with Crippen molar-refractivity contribution in [3.8, 4) is 11.5 Å². The molecule has 4 amide bonds. The summed E-state index contributed by atoms with van der Waals surface area (Å²) in [6, 6.07) is 1.95. The summed E-state index contributed by atoms with van der Waals surface area (Å²) in [5.41, 5.74) is 8.31. The summed E-state index contributed by atoms with van der Waals surface area (Å²) in [4.78, 5) is 42.4. The van der Waals surface area contributed by atoms with Crippen LogP contribution in [-0.4, -0.2) is 109 Å². The molecule has 446 valence electrons. The lowest BCUT2D eigenvalue weighted by molar-refractivity contribution is -0.199. The van der Waals surface area contributed by atoms with Crippen LogP contribution in [0.2, 0.25) is 0 Å². The Morgan fingerprint density at radius 3 is 1.72 bits per heavy atom. The lowest BCUT2D eigenvalue weighted by Gasteiger charge is -2.71. The molecular weight excluding hydrogens is 1010 g/mol. The van der Waals surface area contributed by atoms with Crippen molar-refractivity contribution in [3.05, 3.63) is 75.1 Å². The van der Waals surface area contributed by atoms with Crippen molar-refractivity contribution in [2.24, 2.45) is 66.5 Å². The Morgan fingerprint density at radius 2 is 1.15 bits per heavy atom. The highest BCUT2D eigenvalue weighted by molar-refractivity contribution is 6.06. The fraction of sp³-hybridized carbons (Fsp3) is 0.725. The lowest BCUT2D eigenvalue weighted by atomic mass is 9.33. The molecular formula is C69H102N4O8. The molecule has 5 N–H and O–H groups in total. The maximum absolute atomic E-state index is 13.0. The summed E-state index contributed by atoms with van der Waals surface area (Å²) in [6.45, 7) is 35.3. The number of urea groups is 2. The number of amides is 4. The Morgan fingerprint density at radius 1 is 0.642 bits per heavy atom. The molecule has 0 bridgehead atoms. The van der Waals surface area contributed by atoms with Crippen molar-refractivity contribution >= 4 is 23.9 Å². The number of aliphatic hydroxyl groups excluding tert-OH is 1. The Hall–Kier alpha value is -4.55. The zero-order valence-electron chi connectivity index (χ0n) is 50.9. The van der Waals surface area contributed by atoms with Gasteiger partial charge in [-0.1, -0.05) is 107 Å². The average Bonchev–Trinajstić information content (AvgIpc) is 2.78. The molecule has 1 aromatic rings. The molecule has 12 rings (SSSR count). The largest absolute Gasteiger partial charge is 0.504 e. The van der Waals surface area contributed by atoms with Gasteiger partial charge in [-0.2, -0.15) is 0 Å². The van der Waals surface area contributed by atoms with Crippen LogP contribution in [0.15, 0.2) is 58.4 Å². The molecule has 9 aliphatic carbocycles. The van der Waals surface area contributed by atoms with Gasteiger partial charge in [0, 0.05) is 61.2 Å². The summed E-state index contributed by atoms with van der Waals surface area (Å²) in [7, 11) is 0. The SMILES string of the molecule is C.CC1=C(O)C(=O)C=C2C1=CC=C1[C@@]2(C)CC[C@@]2(C)[C@@H]3C[C@](C)(CNC(=O)N4CCOCC4)CC[C@]3(C)CC[C@]12C.Cc1c(O)c(O)cc2c1C=CC1[C@@]2(C)CC[C@@]2(C)[C@@H]3C[C@](C)(CNC(=O)N4CCOCC4)CC[C@]3(C)CC[C@]12C. The third-order valence-corrected chi connectivity index (χ3v) is 26.2. The molecule has 11 aliphatic rings. The van der Waals surface area contributed by atoms with Gasteiger partial charge in [-0.05, 0) is 199 Å². The van der Waals surface area contributed by atoms with Gasteiger partial charge in [-0.25, -0.2) is 9.59 Å². The number of phenolic OH excluding ortho intramolecular Hbond substituents is 2. The van der Waals surface area contributed by atoms with Gasteiger partial charge in [0.05, 0.1) is 26.4 Å². The second-order valence-electron chi connectivity index (χ2n) is 30.5. The minimum absolute atomic E-state index is 0. The number of aliphatic hydroxyl groups is 1. The molecule has 81 heavy (non-hydrogen) atoms. The number of benzene rings is 1. The highest BCUT2D eigenvalue weighted by atomic mass is 16.5. The molecule has 13 atom stereocenters. The number of nitrogens with zero attached hydrogens (tertiary/aromatic N) is 2. The molecule has 6 saturated carbocycles. The van der Waals surface area contributed by atoms with Crippen LogP contribution in [0, 0.1) is 73.4 Å². The summed E-state index contributed by atoms with van der Waals surface area (Å²) < 4.78 is 10.9. The molecule has 2 heterocycles. The van der Waals surface area contributed by atoms with Gasteiger partial charge in [0.1, 0.15) is 0 Å². The number of fused-ring (bicyclic) bond motifs is 14. The number of ether oxygens (including phenoxy) is 2. The van der Waals surface area contributed by atoms with Crippen LogP contribution < -0.4 is 10.6 Å². The first-order valence-electron chi connectivity index (χ1n) is 31.1. The predicted octanol–water partition coefficient (Wildman–Crippen LogP) is 14.1. The van der Waals surface area contributed by atoms with Crippen molar-refractivity contribution in [1.29, 1.82) is 0 Å². The number of hydrogen-bond acceptors (Lipinski definition) is 8. The van der Waals surface area contributed by atoms with Crippen LogP contribution >= 0.6 is 0 Å². The first-order valence-corrected chi connectivity index (χ1v) is 31.1. The van der Waals surface area contributed by atoms with E-state index in [0.717, 1.165) is 93.2 Å². The van der Waals surface area contributed by atoms with Crippen molar-refractivity contribution in [3.63, 3.8) is 0 Å². The number of rotatable bonds is 4. The molecule has 1 aromatic carbocycles. The molecule has 12 heteroatoms.